The fourth-order valence-electron chi connectivity index (χ4n) is 1.40. The number of para-hydroxylation sites is 1. The van der Waals surface area contributed by atoms with Gasteiger partial charge in [0.2, 0.25) is 5.75 Å². The maximum atomic E-state index is 10.9. The van der Waals surface area contributed by atoms with Gasteiger partial charge in [0.25, 0.3) is 0 Å². The summed E-state index contributed by atoms with van der Waals surface area (Å²) >= 11 is 0. The Labute approximate surface area is 104 Å². The highest BCUT2D eigenvalue weighted by Crippen LogP contribution is 2.37. The monoisotopic (exact) mass is 251 g/mol. The van der Waals surface area contributed by atoms with Crippen LogP contribution in [-0.2, 0) is 4.74 Å². The van der Waals surface area contributed by atoms with Gasteiger partial charge in [-0.05, 0) is 6.07 Å². The number of epoxide rings is 1. The predicted octanol–water partition coefficient (Wildman–Crippen LogP) is 1.94. The van der Waals surface area contributed by atoms with E-state index < -0.39 is 4.92 Å². The second-order valence-corrected chi connectivity index (χ2v) is 3.73. The molecule has 0 N–H and O–H groups in total. The van der Waals surface area contributed by atoms with E-state index in [0.717, 1.165) is 0 Å². The van der Waals surface area contributed by atoms with E-state index in [1.807, 2.05) is 0 Å². The van der Waals surface area contributed by atoms with Gasteiger partial charge in [0.15, 0.2) is 5.75 Å². The summed E-state index contributed by atoms with van der Waals surface area (Å²) < 4.78 is 15.8. The van der Waals surface area contributed by atoms with Gasteiger partial charge in [-0.25, -0.2) is 0 Å². The standard InChI is InChI=1S/C12H13NO5/c1-2-6-16-12-10(13(14)15)4-3-5-11(12)18-8-9-7-17-9/h2-5,9H,1,6-8H2. The minimum atomic E-state index is -0.501. The summed E-state index contributed by atoms with van der Waals surface area (Å²) in [5.74, 6) is 0.476. The molecule has 6 heteroatoms. The molecule has 96 valence electrons. The van der Waals surface area contributed by atoms with Crippen molar-refractivity contribution in [3.63, 3.8) is 0 Å². The fraction of sp³-hybridized carbons (Fsp3) is 0.333. The first-order chi connectivity index (χ1) is 8.72. The van der Waals surface area contributed by atoms with E-state index in [0.29, 0.717) is 19.0 Å². The zero-order chi connectivity index (χ0) is 13.0. The van der Waals surface area contributed by atoms with Gasteiger partial charge in [0.1, 0.15) is 19.3 Å². The van der Waals surface area contributed by atoms with Crippen molar-refractivity contribution in [1.29, 1.82) is 0 Å². The molecule has 18 heavy (non-hydrogen) atoms. The smallest absolute Gasteiger partial charge is 0.314 e. The molecule has 1 aromatic carbocycles. The van der Waals surface area contributed by atoms with E-state index in [-0.39, 0.29) is 24.1 Å². The predicted molar refractivity (Wildman–Crippen MR) is 64.0 cm³/mol. The van der Waals surface area contributed by atoms with Crippen molar-refractivity contribution in [3.8, 4) is 11.5 Å². The summed E-state index contributed by atoms with van der Waals surface area (Å²) in [7, 11) is 0. The number of ether oxygens (including phenoxy) is 3. The van der Waals surface area contributed by atoms with Crippen LogP contribution in [0.15, 0.2) is 30.9 Å². The lowest BCUT2D eigenvalue weighted by atomic mass is 10.2. The lowest BCUT2D eigenvalue weighted by Crippen LogP contribution is -2.07. The van der Waals surface area contributed by atoms with E-state index in [9.17, 15) is 10.1 Å². The molecule has 0 spiro atoms. The van der Waals surface area contributed by atoms with Crippen LogP contribution in [-0.4, -0.2) is 30.8 Å². The SMILES string of the molecule is C=CCOc1c(OCC2CO2)cccc1[N+](=O)[O-]. The van der Waals surface area contributed by atoms with Crippen LogP contribution in [0.1, 0.15) is 0 Å². The molecular formula is C12H13NO5. The van der Waals surface area contributed by atoms with Crippen LogP contribution < -0.4 is 9.47 Å². The molecule has 1 atom stereocenters. The second-order valence-electron chi connectivity index (χ2n) is 3.73. The summed E-state index contributed by atoms with van der Waals surface area (Å²) in [6, 6.07) is 4.56. The first-order valence-electron chi connectivity index (χ1n) is 5.48. The topological polar surface area (TPSA) is 74.1 Å². The molecule has 0 saturated carbocycles. The van der Waals surface area contributed by atoms with Gasteiger partial charge < -0.3 is 14.2 Å². The van der Waals surface area contributed by atoms with Crippen molar-refractivity contribution in [2.24, 2.45) is 0 Å². The average molecular weight is 251 g/mol. The molecule has 6 nitrogen and oxygen atoms in total. The molecular weight excluding hydrogens is 238 g/mol. The number of hydrogen-bond donors (Lipinski definition) is 0. The number of benzene rings is 1. The number of rotatable bonds is 7. The average Bonchev–Trinajstić information content (AvgIpc) is 3.17. The summed E-state index contributed by atoms with van der Waals surface area (Å²) in [5, 5.41) is 10.9. The van der Waals surface area contributed by atoms with Crippen molar-refractivity contribution in [2.45, 2.75) is 6.10 Å². The summed E-state index contributed by atoms with van der Waals surface area (Å²) in [4.78, 5) is 10.4. The highest BCUT2D eigenvalue weighted by molar-refractivity contribution is 5.55. The van der Waals surface area contributed by atoms with Crippen LogP contribution >= 0.6 is 0 Å². The van der Waals surface area contributed by atoms with Crippen LogP contribution in [0.4, 0.5) is 5.69 Å². The largest absolute Gasteiger partial charge is 0.487 e. The molecule has 1 heterocycles. The van der Waals surface area contributed by atoms with Gasteiger partial charge in [-0.15, -0.1) is 0 Å². The maximum absolute atomic E-state index is 10.9. The molecule has 0 aliphatic carbocycles. The minimum absolute atomic E-state index is 0.0801. The first kappa shape index (κ1) is 12.4. The maximum Gasteiger partial charge on any atom is 0.314 e. The van der Waals surface area contributed by atoms with E-state index in [1.54, 1.807) is 12.1 Å². The summed E-state index contributed by atoms with van der Waals surface area (Å²) in [6.07, 6.45) is 1.60. The molecule has 1 fully saturated rings. The van der Waals surface area contributed by atoms with Gasteiger partial charge in [0, 0.05) is 6.07 Å². The molecule has 1 unspecified atom stereocenters. The lowest BCUT2D eigenvalue weighted by molar-refractivity contribution is -0.385. The second kappa shape index (κ2) is 5.50. The zero-order valence-corrected chi connectivity index (χ0v) is 9.70. The number of nitrogens with zero attached hydrogens (tertiary/aromatic N) is 1. The van der Waals surface area contributed by atoms with Gasteiger partial charge in [0.05, 0.1) is 11.5 Å². The van der Waals surface area contributed by atoms with Crippen LogP contribution in [0, 0.1) is 10.1 Å². The third-order valence-electron chi connectivity index (χ3n) is 2.33. The molecule has 0 bridgehead atoms. The van der Waals surface area contributed by atoms with Crippen LogP contribution in [0.3, 0.4) is 0 Å². The van der Waals surface area contributed by atoms with Crippen LogP contribution in [0.5, 0.6) is 11.5 Å². The van der Waals surface area contributed by atoms with Gasteiger partial charge in [-0.1, -0.05) is 18.7 Å². The van der Waals surface area contributed by atoms with E-state index >= 15 is 0 Å². The lowest BCUT2D eigenvalue weighted by Gasteiger charge is -2.11. The van der Waals surface area contributed by atoms with Gasteiger partial charge >= 0.3 is 5.69 Å². The Morgan fingerprint density at radius 3 is 2.94 bits per heavy atom. The van der Waals surface area contributed by atoms with Crippen molar-refractivity contribution in [3.05, 3.63) is 41.0 Å². The quantitative estimate of drug-likeness (QED) is 0.320. The van der Waals surface area contributed by atoms with E-state index in [2.05, 4.69) is 6.58 Å². The van der Waals surface area contributed by atoms with Gasteiger partial charge in [-0.2, -0.15) is 0 Å². The molecule has 0 amide bonds. The van der Waals surface area contributed by atoms with Crippen molar-refractivity contribution in [2.75, 3.05) is 19.8 Å². The summed E-state index contributed by atoms with van der Waals surface area (Å²) in [5.41, 5.74) is -0.119. The van der Waals surface area contributed by atoms with Gasteiger partial charge in [-0.3, -0.25) is 10.1 Å². The molecule has 1 aliphatic heterocycles. The molecule has 0 aromatic heterocycles. The highest BCUT2D eigenvalue weighted by atomic mass is 16.6. The van der Waals surface area contributed by atoms with Crippen LogP contribution in [0.25, 0.3) is 0 Å². The first-order valence-corrected chi connectivity index (χ1v) is 5.48. The number of nitro groups is 1. The van der Waals surface area contributed by atoms with E-state index in [1.165, 1.54) is 12.1 Å². The normalized spacial score (nSPS) is 17.0. The highest BCUT2D eigenvalue weighted by Gasteiger charge is 2.25. The Morgan fingerprint density at radius 1 is 1.56 bits per heavy atom. The number of hydrogen-bond acceptors (Lipinski definition) is 5. The minimum Gasteiger partial charge on any atom is -0.487 e. The van der Waals surface area contributed by atoms with Crippen LogP contribution in [0.2, 0.25) is 0 Å². The fourth-order valence-corrected chi connectivity index (χ4v) is 1.40. The third-order valence-corrected chi connectivity index (χ3v) is 2.33. The zero-order valence-electron chi connectivity index (χ0n) is 9.70. The van der Waals surface area contributed by atoms with Crippen molar-refractivity contribution in [1.82, 2.24) is 0 Å². The Balaban J connectivity index is 2.20. The Morgan fingerprint density at radius 2 is 2.33 bits per heavy atom. The molecule has 2 rings (SSSR count). The van der Waals surface area contributed by atoms with Crippen molar-refractivity contribution < 1.29 is 19.1 Å². The Hall–Kier alpha value is -2.08. The molecule has 1 aliphatic rings. The molecule has 0 radical (unpaired) electrons. The summed E-state index contributed by atoms with van der Waals surface area (Å²) in [6.45, 7) is 4.72. The Kier molecular flexibility index (Phi) is 3.78. The van der Waals surface area contributed by atoms with Crippen molar-refractivity contribution >= 4 is 5.69 Å². The molecule has 1 aromatic rings. The number of nitro benzene ring substituents is 1. The third kappa shape index (κ3) is 2.98. The molecule has 1 saturated heterocycles. The Bertz CT molecular complexity index is 456. The van der Waals surface area contributed by atoms with E-state index in [4.69, 9.17) is 14.2 Å².